The molecule has 1 aliphatic carbocycles. The number of para-hydroxylation sites is 2. The fourth-order valence-electron chi connectivity index (χ4n) is 5.70. The van der Waals surface area contributed by atoms with Gasteiger partial charge >= 0.3 is 6.09 Å². The number of hydrogen-bond donors (Lipinski definition) is 1. The summed E-state index contributed by atoms with van der Waals surface area (Å²) in [7, 11) is 1.81. The molecule has 250 valence electrons. The number of ether oxygens (including phenoxy) is 1. The Bertz CT molecular complexity index is 1690. The van der Waals surface area contributed by atoms with E-state index in [1.54, 1.807) is 28.0 Å². The molecule has 0 radical (unpaired) electrons. The number of unbranched alkanes of at least 4 members (excludes halogenated alkanes) is 1. The van der Waals surface area contributed by atoms with Gasteiger partial charge in [0, 0.05) is 54.8 Å². The molecule has 2 aromatic carbocycles. The number of carbonyl (C=O) groups is 1. The molecule has 0 saturated carbocycles. The number of rotatable bonds is 13. The van der Waals surface area contributed by atoms with Crippen molar-refractivity contribution >= 4 is 63.2 Å². The smallest absolute Gasteiger partial charge is 0.414 e. The van der Waals surface area contributed by atoms with Crippen LogP contribution >= 0.6 is 35.1 Å². The van der Waals surface area contributed by atoms with E-state index in [0.717, 1.165) is 79.1 Å². The van der Waals surface area contributed by atoms with Gasteiger partial charge in [0.1, 0.15) is 10.3 Å². The number of fused-ring (bicyclic) bond motifs is 2. The van der Waals surface area contributed by atoms with Crippen LogP contribution in [0.1, 0.15) is 64.8 Å². The predicted octanol–water partition coefficient (Wildman–Crippen LogP) is 9.76. The van der Waals surface area contributed by atoms with Crippen molar-refractivity contribution < 1.29 is 28.7 Å². The predicted molar refractivity (Wildman–Crippen MR) is 194 cm³/mol. The minimum absolute atomic E-state index is 0.366. The number of thioether (sulfide) groups is 1. The largest absolute Gasteiger partial charge is 0.443 e. The third kappa shape index (κ3) is 8.90. The number of thiazole rings is 1. The van der Waals surface area contributed by atoms with Crippen LogP contribution < -0.4 is 9.47 Å². The van der Waals surface area contributed by atoms with Gasteiger partial charge in [0.05, 0.1) is 16.4 Å². The number of anilines is 1. The maximum absolute atomic E-state index is 13.4. The molecule has 47 heavy (non-hydrogen) atoms. The van der Waals surface area contributed by atoms with Crippen LogP contribution in [-0.2, 0) is 20.7 Å². The molecule has 2 heterocycles. The molecule has 0 spiro atoms. The molecule has 1 aliphatic heterocycles. The minimum Gasteiger partial charge on any atom is -0.443 e. The Morgan fingerprint density at radius 1 is 1.09 bits per heavy atom. The lowest BCUT2D eigenvalue weighted by Crippen LogP contribution is -2.35. The van der Waals surface area contributed by atoms with Crippen molar-refractivity contribution in [3.63, 3.8) is 0 Å². The second-order valence-electron chi connectivity index (χ2n) is 12.4. The zero-order valence-electron chi connectivity index (χ0n) is 27.7. The molecule has 2 aliphatic rings. The first-order valence-electron chi connectivity index (χ1n) is 16.0. The van der Waals surface area contributed by atoms with E-state index in [0.29, 0.717) is 5.75 Å². The highest BCUT2D eigenvalue weighted by Gasteiger charge is 2.30. The Labute approximate surface area is 290 Å². The number of hydrogen-bond acceptors (Lipinski definition) is 9. The van der Waals surface area contributed by atoms with Crippen molar-refractivity contribution in [1.29, 1.82) is 0 Å². The zero-order valence-corrected chi connectivity index (χ0v) is 30.2. The van der Waals surface area contributed by atoms with Crippen molar-refractivity contribution in [2.45, 2.75) is 76.8 Å². The van der Waals surface area contributed by atoms with Crippen molar-refractivity contribution in [3.05, 3.63) is 93.6 Å². The van der Waals surface area contributed by atoms with Crippen LogP contribution in [0, 0.1) is 0 Å². The molecule has 5 rings (SSSR count). The van der Waals surface area contributed by atoms with Gasteiger partial charge in [-0.25, -0.2) is 10.1 Å². The minimum atomic E-state index is -0.604. The van der Waals surface area contributed by atoms with E-state index in [-0.39, 0.29) is 6.09 Å². The normalized spacial score (nSPS) is 16.8. The molecular formula is C36H44N3O5S3+. The fraction of sp³-hybridized carbons (Fsp3) is 0.389. The Morgan fingerprint density at radius 3 is 2.66 bits per heavy atom. The first kappa shape index (κ1) is 35.3. The zero-order chi connectivity index (χ0) is 33.4. The summed E-state index contributed by atoms with van der Waals surface area (Å²) in [4.78, 5) is 18.8. The van der Waals surface area contributed by atoms with E-state index in [1.807, 2.05) is 27.8 Å². The Kier molecular flexibility index (Phi) is 12.3. The first-order valence-corrected chi connectivity index (χ1v) is 18.6. The highest BCUT2D eigenvalue weighted by atomic mass is 32.2. The molecule has 11 heteroatoms. The van der Waals surface area contributed by atoms with Crippen molar-refractivity contribution in [1.82, 2.24) is 4.90 Å². The van der Waals surface area contributed by atoms with Gasteiger partial charge in [-0.1, -0.05) is 71.8 Å². The van der Waals surface area contributed by atoms with Gasteiger partial charge in [-0.2, -0.15) is 4.57 Å². The van der Waals surface area contributed by atoms with Crippen LogP contribution in [-0.4, -0.2) is 41.2 Å². The van der Waals surface area contributed by atoms with Gasteiger partial charge in [0.2, 0.25) is 5.52 Å². The summed E-state index contributed by atoms with van der Waals surface area (Å²) >= 11 is 4.61. The van der Waals surface area contributed by atoms with Gasteiger partial charge in [0.25, 0.3) is 5.01 Å². The second-order valence-corrected chi connectivity index (χ2v) is 15.3. The number of likely N-dealkylation sites (N-methyl/N-ethyl adjacent to an activating group) is 1. The van der Waals surface area contributed by atoms with Crippen LogP contribution in [0.15, 0.2) is 93.5 Å². The number of aryl methyl sites for hydroxylation is 1. The highest BCUT2D eigenvalue weighted by molar-refractivity contribution is 8.03. The summed E-state index contributed by atoms with van der Waals surface area (Å²) < 4.78 is 13.9. The maximum atomic E-state index is 13.4. The summed E-state index contributed by atoms with van der Waals surface area (Å²) in [6.07, 6.45) is 13.1. The molecule has 0 unspecified atom stereocenters. The van der Waals surface area contributed by atoms with E-state index >= 15 is 0 Å². The van der Waals surface area contributed by atoms with E-state index in [2.05, 4.69) is 98.6 Å². The average molecular weight is 695 g/mol. The molecule has 0 bridgehead atoms. The number of nitrogens with zero attached hydrogens (tertiary/aromatic N) is 3. The first-order chi connectivity index (χ1) is 22.7. The van der Waals surface area contributed by atoms with E-state index < -0.39 is 5.60 Å². The monoisotopic (exact) mass is 694 g/mol. The third-order valence-corrected chi connectivity index (χ3v) is 10.7. The standard InChI is InChI=1S/C36H43N3O5S3/c1-6-7-23-38-28-13-8-10-15-30(28)46-32(38)21-19-26-17-18-27(34(26)37(5)35(40)42-36(2,3)4)20-22-33-39(24-12-25-45-44-43-41)29-14-9-11-16-31(29)47-33/h8-11,13-16,19-22H,6-7,12,17-18,23-25H2,1-5H3/p+1. The highest BCUT2D eigenvalue weighted by Crippen LogP contribution is 2.46. The van der Waals surface area contributed by atoms with Gasteiger partial charge in [-0.3, -0.25) is 4.90 Å². The summed E-state index contributed by atoms with van der Waals surface area (Å²) in [5.41, 5.74) is 4.94. The van der Waals surface area contributed by atoms with Crippen molar-refractivity contribution in [2.75, 3.05) is 24.2 Å². The lowest BCUT2D eigenvalue weighted by Gasteiger charge is -2.26. The Hall–Kier alpha value is -3.06. The van der Waals surface area contributed by atoms with E-state index in [4.69, 9.17) is 9.99 Å². The Morgan fingerprint density at radius 2 is 1.87 bits per heavy atom. The number of allylic oxidation sites excluding steroid dienone is 5. The second kappa shape index (κ2) is 16.4. The number of carbonyl (C=O) groups excluding carboxylic acids is 1. The van der Waals surface area contributed by atoms with Gasteiger partial charge in [0.15, 0.2) is 6.54 Å². The summed E-state index contributed by atoms with van der Waals surface area (Å²) in [6.45, 7) is 9.66. The molecular weight excluding hydrogens is 651 g/mol. The summed E-state index contributed by atoms with van der Waals surface area (Å²) in [6, 6.07) is 17.0. The molecule has 1 aromatic heterocycles. The summed E-state index contributed by atoms with van der Waals surface area (Å²) in [5.74, 6) is 0.666. The fourth-order valence-corrected chi connectivity index (χ4v) is 8.24. The Balaban J connectivity index is 1.49. The molecule has 8 nitrogen and oxygen atoms in total. The summed E-state index contributed by atoms with van der Waals surface area (Å²) in [5, 5.41) is 14.5. The quantitative estimate of drug-likeness (QED) is 0.0623. The van der Waals surface area contributed by atoms with Crippen LogP contribution in [0.25, 0.3) is 16.3 Å². The van der Waals surface area contributed by atoms with Gasteiger partial charge < -0.3 is 9.64 Å². The lowest BCUT2D eigenvalue weighted by molar-refractivity contribution is -0.668. The number of benzene rings is 2. The van der Waals surface area contributed by atoms with Crippen molar-refractivity contribution in [3.8, 4) is 0 Å². The van der Waals surface area contributed by atoms with Crippen LogP contribution in [0.2, 0.25) is 0 Å². The average Bonchev–Trinajstić information content (AvgIpc) is 3.73. The molecule has 0 atom stereocenters. The number of aromatic nitrogens is 1. The third-order valence-electron chi connectivity index (χ3n) is 7.83. The maximum Gasteiger partial charge on any atom is 0.414 e. The molecule has 0 saturated heterocycles. The van der Waals surface area contributed by atoms with Crippen molar-refractivity contribution in [2.24, 2.45) is 0 Å². The van der Waals surface area contributed by atoms with Crippen LogP contribution in [0.3, 0.4) is 0 Å². The van der Waals surface area contributed by atoms with Gasteiger partial charge in [-0.15, -0.1) is 4.33 Å². The van der Waals surface area contributed by atoms with Crippen LogP contribution in [0.4, 0.5) is 10.5 Å². The SMILES string of the molecule is CCCCN1/C(=C/C=C2CCC(/C=C/c3sc4ccccc4[n+]3CCCSOOO)=C2N(C)C(=O)OC(C)(C)C)Sc2ccccc21. The molecule has 0 fully saturated rings. The molecule has 3 aromatic rings. The number of amides is 1. The van der Waals surface area contributed by atoms with E-state index in [1.165, 1.54) is 25.8 Å². The topological polar surface area (TPSA) is 75.4 Å². The molecule has 1 amide bonds. The molecule has 1 N–H and O–H groups in total. The van der Waals surface area contributed by atoms with Gasteiger partial charge in [-0.05, 0) is 81.5 Å². The van der Waals surface area contributed by atoms with Crippen LogP contribution in [0.5, 0.6) is 0 Å². The lowest BCUT2D eigenvalue weighted by atomic mass is 10.1. The van der Waals surface area contributed by atoms with E-state index in [9.17, 15) is 4.79 Å².